The summed E-state index contributed by atoms with van der Waals surface area (Å²) < 4.78 is 16.5. The van der Waals surface area contributed by atoms with Crippen molar-refractivity contribution in [3.8, 4) is 17.2 Å². The van der Waals surface area contributed by atoms with Gasteiger partial charge >= 0.3 is 6.03 Å². The first-order valence-electron chi connectivity index (χ1n) is 9.16. The molecule has 2 amide bonds. The fourth-order valence-electron chi connectivity index (χ4n) is 3.76. The lowest BCUT2D eigenvalue weighted by molar-refractivity contribution is 0.206. The molecule has 4 rings (SSSR count). The van der Waals surface area contributed by atoms with Gasteiger partial charge in [0.05, 0.1) is 14.2 Å². The third-order valence-electron chi connectivity index (χ3n) is 5.15. The zero-order valence-electron chi connectivity index (χ0n) is 15.9. The predicted octanol–water partition coefficient (Wildman–Crippen LogP) is 3.62. The number of amides is 2. The highest BCUT2D eigenvalue weighted by atomic mass is 16.5. The number of ether oxygens (including phenoxy) is 3. The van der Waals surface area contributed by atoms with Gasteiger partial charge in [0.1, 0.15) is 11.9 Å². The Morgan fingerprint density at radius 2 is 1.85 bits per heavy atom. The zero-order chi connectivity index (χ0) is 19.0. The van der Waals surface area contributed by atoms with Crippen molar-refractivity contribution >= 4 is 11.7 Å². The monoisotopic (exact) mass is 368 g/mol. The van der Waals surface area contributed by atoms with Crippen LogP contribution in [0.1, 0.15) is 23.6 Å². The lowest BCUT2D eigenvalue weighted by Gasteiger charge is -2.29. The maximum Gasteiger partial charge on any atom is 0.322 e. The van der Waals surface area contributed by atoms with Gasteiger partial charge < -0.3 is 24.4 Å². The van der Waals surface area contributed by atoms with Crippen molar-refractivity contribution in [1.29, 1.82) is 0 Å². The van der Waals surface area contributed by atoms with Crippen molar-refractivity contribution in [2.75, 3.05) is 26.1 Å². The number of hydrogen-bond donors (Lipinski definition) is 1. The molecule has 0 saturated carbocycles. The number of carbonyl (C=O) groups is 1. The largest absolute Gasteiger partial charge is 0.493 e. The van der Waals surface area contributed by atoms with Crippen LogP contribution in [-0.4, -0.2) is 37.8 Å². The fourth-order valence-corrected chi connectivity index (χ4v) is 3.76. The summed E-state index contributed by atoms with van der Waals surface area (Å²) in [7, 11) is 3.26. The van der Waals surface area contributed by atoms with Crippen molar-refractivity contribution < 1.29 is 19.0 Å². The minimum atomic E-state index is -0.0950. The van der Waals surface area contributed by atoms with E-state index >= 15 is 0 Å². The highest BCUT2D eigenvalue weighted by molar-refractivity contribution is 5.89. The molecule has 27 heavy (non-hydrogen) atoms. The van der Waals surface area contributed by atoms with Gasteiger partial charge in [0.2, 0.25) is 0 Å². The van der Waals surface area contributed by atoms with Crippen molar-refractivity contribution in [3.63, 3.8) is 0 Å². The molecule has 1 unspecified atom stereocenters. The Morgan fingerprint density at radius 1 is 1.11 bits per heavy atom. The molecule has 6 heteroatoms. The molecule has 2 aromatic rings. The second kappa shape index (κ2) is 7.02. The number of nitrogens with zero attached hydrogens (tertiary/aromatic N) is 1. The Morgan fingerprint density at radius 3 is 2.59 bits per heavy atom. The molecule has 0 bridgehead atoms. The van der Waals surface area contributed by atoms with Crippen LogP contribution in [0.2, 0.25) is 0 Å². The van der Waals surface area contributed by atoms with Crippen LogP contribution in [0.15, 0.2) is 30.3 Å². The van der Waals surface area contributed by atoms with Gasteiger partial charge in [-0.3, -0.25) is 0 Å². The molecule has 0 saturated heterocycles. The van der Waals surface area contributed by atoms with Crippen LogP contribution in [0.4, 0.5) is 10.5 Å². The smallest absolute Gasteiger partial charge is 0.322 e. The minimum absolute atomic E-state index is 0.0950. The average molecular weight is 368 g/mol. The number of hydrogen-bond acceptors (Lipinski definition) is 4. The maximum absolute atomic E-state index is 12.7. The first kappa shape index (κ1) is 17.5. The van der Waals surface area contributed by atoms with Crippen LogP contribution < -0.4 is 19.5 Å². The van der Waals surface area contributed by atoms with Gasteiger partial charge in [-0.1, -0.05) is 0 Å². The molecule has 0 spiro atoms. The highest BCUT2D eigenvalue weighted by Gasteiger charge is 2.24. The van der Waals surface area contributed by atoms with Crippen molar-refractivity contribution in [3.05, 3.63) is 47.0 Å². The maximum atomic E-state index is 12.7. The van der Waals surface area contributed by atoms with E-state index in [1.807, 2.05) is 42.2 Å². The summed E-state index contributed by atoms with van der Waals surface area (Å²) in [5.41, 5.74) is 4.22. The van der Waals surface area contributed by atoms with E-state index in [1.54, 1.807) is 14.2 Å². The zero-order valence-corrected chi connectivity index (χ0v) is 15.9. The van der Waals surface area contributed by atoms with E-state index in [0.29, 0.717) is 18.8 Å². The van der Waals surface area contributed by atoms with E-state index in [1.165, 1.54) is 5.56 Å². The molecule has 6 nitrogen and oxygen atoms in total. The molecule has 2 aliphatic heterocycles. The van der Waals surface area contributed by atoms with Crippen LogP contribution in [0.25, 0.3) is 0 Å². The first-order valence-corrected chi connectivity index (χ1v) is 9.16. The van der Waals surface area contributed by atoms with Gasteiger partial charge in [-0.25, -0.2) is 4.79 Å². The number of carbonyl (C=O) groups excluding carboxylic acids is 1. The normalized spacial score (nSPS) is 17.6. The molecule has 2 heterocycles. The lowest BCUT2D eigenvalue weighted by Crippen LogP contribution is -2.38. The molecule has 0 aliphatic carbocycles. The Hall–Kier alpha value is -2.89. The van der Waals surface area contributed by atoms with E-state index in [-0.39, 0.29) is 12.1 Å². The van der Waals surface area contributed by atoms with Gasteiger partial charge in [-0.15, -0.1) is 0 Å². The van der Waals surface area contributed by atoms with E-state index in [2.05, 4.69) is 5.32 Å². The Bertz CT molecular complexity index is 881. The Balaban J connectivity index is 1.47. The van der Waals surface area contributed by atoms with Crippen molar-refractivity contribution in [2.24, 2.45) is 0 Å². The number of methoxy groups -OCH3 is 2. The van der Waals surface area contributed by atoms with E-state index in [0.717, 1.165) is 41.2 Å². The summed E-state index contributed by atoms with van der Waals surface area (Å²) >= 11 is 0. The molecule has 1 N–H and O–H groups in total. The number of benzene rings is 2. The summed E-state index contributed by atoms with van der Waals surface area (Å²) in [6.45, 7) is 3.26. The number of rotatable bonds is 3. The molecule has 1 atom stereocenters. The fraction of sp³-hybridized carbons (Fsp3) is 0.381. The summed E-state index contributed by atoms with van der Waals surface area (Å²) in [6, 6.07) is 9.69. The molecule has 2 aromatic carbocycles. The summed E-state index contributed by atoms with van der Waals surface area (Å²) in [6.07, 6.45) is 1.85. The molecule has 142 valence electrons. The number of nitrogens with one attached hydrogen (secondary N) is 1. The number of anilines is 1. The molecular weight excluding hydrogens is 344 g/mol. The molecule has 0 fully saturated rings. The van der Waals surface area contributed by atoms with Gasteiger partial charge in [-0.2, -0.15) is 0 Å². The highest BCUT2D eigenvalue weighted by Crippen LogP contribution is 2.34. The van der Waals surface area contributed by atoms with Gasteiger partial charge in [0, 0.05) is 25.2 Å². The molecule has 0 radical (unpaired) electrons. The van der Waals surface area contributed by atoms with Crippen LogP contribution in [-0.2, 0) is 19.4 Å². The van der Waals surface area contributed by atoms with Crippen LogP contribution in [0, 0.1) is 0 Å². The SMILES string of the molecule is COc1cc2c(cc1OC)CN(C(=O)Nc1ccc3c(c1)CC(C)O3)CC2. The summed E-state index contributed by atoms with van der Waals surface area (Å²) in [5, 5.41) is 3.01. The van der Waals surface area contributed by atoms with Crippen LogP contribution >= 0.6 is 0 Å². The number of fused-ring (bicyclic) bond motifs is 2. The quantitative estimate of drug-likeness (QED) is 0.899. The molecule has 0 aromatic heterocycles. The second-order valence-electron chi connectivity index (χ2n) is 7.03. The second-order valence-corrected chi connectivity index (χ2v) is 7.03. The van der Waals surface area contributed by atoms with Gasteiger partial charge in [0.25, 0.3) is 0 Å². The van der Waals surface area contributed by atoms with Gasteiger partial charge in [-0.05, 0) is 60.4 Å². The number of urea groups is 1. The van der Waals surface area contributed by atoms with Crippen LogP contribution in [0.5, 0.6) is 17.2 Å². The summed E-state index contributed by atoms with van der Waals surface area (Å²) in [4.78, 5) is 14.6. The predicted molar refractivity (Wildman–Crippen MR) is 103 cm³/mol. The standard InChI is InChI=1S/C21H24N2O4/c1-13-8-15-9-17(4-5-18(15)27-13)22-21(24)23-7-6-14-10-19(25-2)20(26-3)11-16(14)12-23/h4-5,9-11,13H,6-8,12H2,1-3H3,(H,22,24). The minimum Gasteiger partial charge on any atom is -0.493 e. The third-order valence-corrected chi connectivity index (χ3v) is 5.15. The first-order chi connectivity index (χ1) is 13.1. The topological polar surface area (TPSA) is 60.0 Å². The summed E-state index contributed by atoms with van der Waals surface area (Å²) in [5.74, 6) is 2.32. The van der Waals surface area contributed by atoms with Crippen molar-refractivity contribution in [2.45, 2.75) is 32.4 Å². The van der Waals surface area contributed by atoms with Crippen LogP contribution in [0.3, 0.4) is 0 Å². The Kier molecular flexibility index (Phi) is 4.56. The molecule has 2 aliphatic rings. The van der Waals surface area contributed by atoms with E-state index in [9.17, 15) is 4.79 Å². The van der Waals surface area contributed by atoms with Crippen molar-refractivity contribution in [1.82, 2.24) is 4.90 Å². The van der Waals surface area contributed by atoms with E-state index in [4.69, 9.17) is 14.2 Å². The average Bonchev–Trinajstić information content (AvgIpc) is 3.05. The van der Waals surface area contributed by atoms with E-state index < -0.39 is 0 Å². The molecular formula is C21H24N2O4. The third kappa shape index (κ3) is 3.39. The lowest BCUT2D eigenvalue weighted by atomic mass is 9.99. The Labute approximate surface area is 159 Å². The van der Waals surface area contributed by atoms with Gasteiger partial charge in [0.15, 0.2) is 11.5 Å².